The molecule has 1 aromatic carbocycles. The summed E-state index contributed by atoms with van der Waals surface area (Å²) >= 11 is 0. The van der Waals surface area contributed by atoms with E-state index in [-0.39, 0.29) is 31.5 Å². The van der Waals surface area contributed by atoms with Crippen LogP contribution in [0.25, 0.3) is 0 Å². The van der Waals surface area contributed by atoms with Gasteiger partial charge in [0, 0.05) is 13.1 Å². The van der Waals surface area contributed by atoms with Gasteiger partial charge < -0.3 is 10.0 Å². The zero-order valence-corrected chi connectivity index (χ0v) is 12.0. The first-order chi connectivity index (χ1) is 10.7. The van der Waals surface area contributed by atoms with E-state index >= 15 is 0 Å². The van der Waals surface area contributed by atoms with Gasteiger partial charge in [-0.25, -0.2) is 4.39 Å². The van der Waals surface area contributed by atoms with Gasteiger partial charge in [0.2, 0.25) is 6.17 Å². The number of carbonyl (C=O) groups excluding carboxylic acids is 1. The molecule has 1 atom stereocenters. The minimum atomic E-state index is -4.52. The van der Waals surface area contributed by atoms with Crippen LogP contribution in [0, 0.1) is 5.92 Å². The third kappa shape index (κ3) is 4.00. The third-order valence-corrected chi connectivity index (χ3v) is 3.90. The summed E-state index contributed by atoms with van der Waals surface area (Å²) < 4.78 is 51.6. The molecule has 0 aromatic heterocycles. The van der Waals surface area contributed by atoms with Gasteiger partial charge in [-0.05, 0) is 30.5 Å². The summed E-state index contributed by atoms with van der Waals surface area (Å²) in [6.07, 6.45) is -6.10. The highest BCUT2D eigenvalue weighted by Gasteiger charge is 2.33. The molecule has 0 aliphatic carbocycles. The van der Waals surface area contributed by atoms with Crippen LogP contribution in [0.4, 0.5) is 17.6 Å². The van der Waals surface area contributed by atoms with Gasteiger partial charge in [0.05, 0.1) is 11.5 Å². The molecule has 126 valence electrons. The number of carboxylic acid groups (broad SMARTS) is 1. The fraction of sp³-hybridized carbons (Fsp3) is 0.467. The Labute approximate surface area is 129 Å². The maximum atomic E-state index is 14.2. The Morgan fingerprint density at radius 1 is 1.13 bits per heavy atom. The second-order valence-corrected chi connectivity index (χ2v) is 5.42. The molecule has 0 bridgehead atoms. The highest BCUT2D eigenvalue weighted by atomic mass is 19.4. The molecule has 1 amide bonds. The fourth-order valence-electron chi connectivity index (χ4n) is 2.49. The first-order valence-corrected chi connectivity index (χ1v) is 7.03. The number of rotatable bonds is 3. The van der Waals surface area contributed by atoms with Crippen LogP contribution in [0.3, 0.4) is 0 Å². The summed E-state index contributed by atoms with van der Waals surface area (Å²) in [5.41, 5.74) is -1.06. The summed E-state index contributed by atoms with van der Waals surface area (Å²) in [4.78, 5) is 24.1. The Balaban J connectivity index is 2.01. The van der Waals surface area contributed by atoms with Gasteiger partial charge in [-0.3, -0.25) is 9.59 Å². The predicted octanol–water partition coefficient (Wildman–Crippen LogP) is 3.04. The summed E-state index contributed by atoms with van der Waals surface area (Å²) in [6.45, 7) is 0.244. The fourth-order valence-corrected chi connectivity index (χ4v) is 2.49. The Kier molecular flexibility index (Phi) is 4.91. The SMILES string of the molecule is O=C(O)C1CCN(C(=O)C(F)c2ccc(C(F)(F)F)cc2)CC1. The molecule has 1 saturated heterocycles. The predicted molar refractivity (Wildman–Crippen MR) is 72.2 cm³/mol. The van der Waals surface area contributed by atoms with Crippen LogP contribution < -0.4 is 0 Å². The number of likely N-dealkylation sites (tertiary alicyclic amines) is 1. The quantitative estimate of drug-likeness (QED) is 0.865. The lowest BCUT2D eigenvalue weighted by Crippen LogP contribution is -2.41. The molecular formula is C15H15F4NO3. The third-order valence-electron chi connectivity index (χ3n) is 3.90. The summed E-state index contributed by atoms with van der Waals surface area (Å²) in [7, 11) is 0. The number of carboxylic acids is 1. The number of halogens is 4. The van der Waals surface area contributed by atoms with Crippen molar-refractivity contribution in [3.05, 3.63) is 35.4 Å². The van der Waals surface area contributed by atoms with Gasteiger partial charge in [0.1, 0.15) is 0 Å². The molecule has 4 nitrogen and oxygen atoms in total. The van der Waals surface area contributed by atoms with E-state index in [0.29, 0.717) is 0 Å². The molecule has 1 aliphatic heterocycles. The van der Waals surface area contributed by atoms with Crippen molar-refractivity contribution >= 4 is 11.9 Å². The van der Waals surface area contributed by atoms with E-state index in [4.69, 9.17) is 5.11 Å². The summed E-state index contributed by atoms with van der Waals surface area (Å²) in [6, 6.07) is 3.34. The number of hydrogen-bond acceptors (Lipinski definition) is 2. The van der Waals surface area contributed by atoms with Crippen LogP contribution in [-0.4, -0.2) is 35.0 Å². The maximum Gasteiger partial charge on any atom is 0.416 e. The molecule has 23 heavy (non-hydrogen) atoms. The Morgan fingerprint density at radius 2 is 1.65 bits per heavy atom. The van der Waals surface area contributed by atoms with Gasteiger partial charge in [0.15, 0.2) is 0 Å². The van der Waals surface area contributed by atoms with Gasteiger partial charge in [-0.15, -0.1) is 0 Å². The van der Waals surface area contributed by atoms with E-state index in [0.717, 1.165) is 24.3 Å². The lowest BCUT2D eigenvalue weighted by Gasteiger charge is -2.31. The highest BCUT2D eigenvalue weighted by molar-refractivity contribution is 5.82. The molecule has 0 spiro atoms. The number of amides is 1. The lowest BCUT2D eigenvalue weighted by molar-refractivity contribution is -0.147. The Morgan fingerprint density at radius 3 is 2.09 bits per heavy atom. The summed E-state index contributed by atoms with van der Waals surface area (Å²) in [5, 5.41) is 8.87. The lowest BCUT2D eigenvalue weighted by atomic mass is 9.96. The van der Waals surface area contributed by atoms with Crippen molar-refractivity contribution in [2.45, 2.75) is 25.2 Å². The maximum absolute atomic E-state index is 14.2. The highest BCUT2D eigenvalue weighted by Crippen LogP contribution is 2.31. The van der Waals surface area contributed by atoms with Crippen LogP contribution in [0.5, 0.6) is 0 Å². The van der Waals surface area contributed by atoms with Gasteiger partial charge in [0.25, 0.3) is 5.91 Å². The van der Waals surface area contributed by atoms with Crippen LogP contribution >= 0.6 is 0 Å². The number of alkyl halides is 4. The minimum absolute atomic E-state index is 0.122. The van der Waals surface area contributed by atoms with Crippen molar-refractivity contribution in [3.8, 4) is 0 Å². The van der Waals surface area contributed by atoms with E-state index in [1.54, 1.807) is 0 Å². The topological polar surface area (TPSA) is 57.6 Å². The monoisotopic (exact) mass is 333 g/mol. The smallest absolute Gasteiger partial charge is 0.416 e. The molecule has 2 rings (SSSR count). The molecule has 1 N–H and O–H groups in total. The zero-order valence-electron chi connectivity index (χ0n) is 12.0. The van der Waals surface area contributed by atoms with Crippen LogP contribution in [-0.2, 0) is 15.8 Å². The van der Waals surface area contributed by atoms with E-state index < -0.39 is 35.7 Å². The summed E-state index contributed by atoms with van der Waals surface area (Å²) in [5.74, 6) is -2.35. The molecule has 8 heteroatoms. The van der Waals surface area contributed by atoms with E-state index in [2.05, 4.69) is 0 Å². The standard InChI is InChI=1S/C15H15F4NO3/c16-12(9-1-3-11(4-2-9)15(17,18)19)13(21)20-7-5-10(6-8-20)14(22)23/h1-4,10,12H,5-8H2,(H,22,23). The van der Waals surface area contributed by atoms with E-state index in [1.807, 2.05) is 0 Å². The molecule has 1 unspecified atom stereocenters. The largest absolute Gasteiger partial charge is 0.481 e. The van der Waals surface area contributed by atoms with Crippen LogP contribution in [0.1, 0.15) is 30.1 Å². The van der Waals surface area contributed by atoms with Gasteiger partial charge >= 0.3 is 12.1 Å². The average Bonchev–Trinajstić information content (AvgIpc) is 2.53. The number of hydrogen-bond donors (Lipinski definition) is 1. The number of aliphatic carboxylic acids is 1. The number of carbonyl (C=O) groups is 2. The molecular weight excluding hydrogens is 318 g/mol. The Bertz CT molecular complexity index is 577. The van der Waals surface area contributed by atoms with Gasteiger partial charge in [-0.2, -0.15) is 13.2 Å². The minimum Gasteiger partial charge on any atom is -0.481 e. The second kappa shape index (κ2) is 6.55. The first kappa shape index (κ1) is 17.2. The number of nitrogens with zero attached hydrogens (tertiary/aromatic N) is 1. The molecule has 1 heterocycles. The van der Waals surface area contributed by atoms with Crippen LogP contribution in [0.15, 0.2) is 24.3 Å². The van der Waals surface area contributed by atoms with E-state index in [1.165, 1.54) is 4.90 Å². The number of benzene rings is 1. The number of piperidine rings is 1. The molecule has 1 aromatic rings. The van der Waals surface area contributed by atoms with Crippen molar-refractivity contribution in [2.75, 3.05) is 13.1 Å². The van der Waals surface area contributed by atoms with Crippen molar-refractivity contribution < 1.29 is 32.3 Å². The second-order valence-electron chi connectivity index (χ2n) is 5.42. The molecule has 1 aliphatic rings. The molecule has 0 saturated carbocycles. The van der Waals surface area contributed by atoms with Crippen molar-refractivity contribution in [1.29, 1.82) is 0 Å². The zero-order chi connectivity index (χ0) is 17.2. The normalized spacial score (nSPS) is 17.8. The van der Waals surface area contributed by atoms with E-state index in [9.17, 15) is 27.2 Å². The first-order valence-electron chi connectivity index (χ1n) is 7.03. The Hall–Kier alpha value is -2.12. The van der Waals surface area contributed by atoms with Crippen molar-refractivity contribution in [1.82, 2.24) is 4.90 Å². The van der Waals surface area contributed by atoms with Gasteiger partial charge in [-0.1, -0.05) is 12.1 Å². The molecule has 0 radical (unpaired) electrons. The average molecular weight is 333 g/mol. The van der Waals surface area contributed by atoms with Crippen LogP contribution in [0.2, 0.25) is 0 Å². The van der Waals surface area contributed by atoms with Crippen molar-refractivity contribution in [2.24, 2.45) is 5.92 Å². The molecule has 1 fully saturated rings. The van der Waals surface area contributed by atoms with Crippen molar-refractivity contribution in [3.63, 3.8) is 0 Å².